The van der Waals surface area contributed by atoms with E-state index in [-0.39, 0.29) is 42.6 Å². The van der Waals surface area contributed by atoms with Crippen molar-refractivity contribution in [1.82, 2.24) is 20.0 Å². The molecule has 2 aliphatic carbocycles. The van der Waals surface area contributed by atoms with Crippen LogP contribution in [0, 0.1) is 11.8 Å². The van der Waals surface area contributed by atoms with Crippen molar-refractivity contribution in [3.63, 3.8) is 0 Å². The van der Waals surface area contributed by atoms with Crippen molar-refractivity contribution in [2.45, 2.75) is 48.3 Å². The molecule has 0 radical (unpaired) electrons. The molecule has 0 bridgehead atoms. The number of aliphatic hydroxyl groups is 1. The van der Waals surface area contributed by atoms with Crippen molar-refractivity contribution < 1.29 is 19.5 Å². The standard InChI is InChI=1S/C21H23Cl2N5O4/c22-21(23)7-12(21)13(9-29)25-20(32)16-6-10-5-15(10)28(16)17(30)8-27-14-4-2-1-3-11(14)18(26-27)19(24)31/h1-4,10,12-13,15-16,29H,5-9H2,(H2,24,31)(H,25,32)/t10-,12-,13-,15-,16+/m1/s1. The molecule has 11 heteroatoms. The van der Waals surface area contributed by atoms with E-state index in [1.807, 2.05) is 0 Å². The average Bonchev–Trinajstić information content (AvgIpc) is 3.55. The number of aromatic nitrogens is 2. The summed E-state index contributed by atoms with van der Waals surface area (Å²) in [6.07, 6.45) is 1.93. The van der Waals surface area contributed by atoms with Gasteiger partial charge in [-0.05, 0) is 31.2 Å². The van der Waals surface area contributed by atoms with Gasteiger partial charge in [0, 0.05) is 17.3 Å². The van der Waals surface area contributed by atoms with Gasteiger partial charge >= 0.3 is 0 Å². The number of primary amides is 1. The topological polar surface area (TPSA) is 131 Å². The van der Waals surface area contributed by atoms with Gasteiger partial charge in [0.1, 0.15) is 16.9 Å². The number of fused-ring (bicyclic) bond motifs is 2. The summed E-state index contributed by atoms with van der Waals surface area (Å²) in [6, 6.07) is 5.89. The van der Waals surface area contributed by atoms with Gasteiger partial charge in [0.05, 0.1) is 18.2 Å². The minimum absolute atomic E-state index is 0.0179. The molecule has 5 rings (SSSR count). The maximum atomic E-state index is 13.3. The van der Waals surface area contributed by atoms with Crippen LogP contribution in [0.3, 0.4) is 0 Å². The van der Waals surface area contributed by atoms with E-state index in [9.17, 15) is 19.5 Å². The van der Waals surface area contributed by atoms with Crippen molar-refractivity contribution in [2.75, 3.05) is 6.61 Å². The first kappa shape index (κ1) is 21.5. The highest BCUT2D eigenvalue weighted by atomic mass is 35.5. The first-order valence-corrected chi connectivity index (χ1v) is 11.3. The van der Waals surface area contributed by atoms with E-state index in [0.717, 1.165) is 6.42 Å². The van der Waals surface area contributed by atoms with Gasteiger partial charge in [-0.3, -0.25) is 19.1 Å². The van der Waals surface area contributed by atoms with Gasteiger partial charge in [-0.2, -0.15) is 5.10 Å². The average molecular weight is 480 g/mol. The summed E-state index contributed by atoms with van der Waals surface area (Å²) in [4.78, 5) is 39.7. The zero-order valence-electron chi connectivity index (χ0n) is 17.1. The predicted octanol–water partition coefficient (Wildman–Crippen LogP) is 0.796. The highest BCUT2D eigenvalue weighted by Gasteiger charge is 2.58. The Hall–Kier alpha value is -2.36. The third-order valence-corrected chi connectivity index (χ3v) is 7.63. The highest BCUT2D eigenvalue weighted by molar-refractivity contribution is 6.51. The summed E-state index contributed by atoms with van der Waals surface area (Å²) in [5.74, 6) is -1.17. The molecule has 1 aliphatic heterocycles. The van der Waals surface area contributed by atoms with Gasteiger partial charge < -0.3 is 21.1 Å². The van der Waals surface area contributed by atoms with E-state index in [2.05, 4.69) is 10.4 Å². The van der Waals surface area contributed by atoms with Gasteiger partial charge in [0.25, 0.3) is 5.91 Å². The van der Waals surface area contributed by atoms with E-state index in [4.69, 9.17) is 28.9 Å². The summed E-state index contributed by atoms with van der Waals surface area (Å²) >= 11 is 12.2. The van der Waals surface area contributed by atoms with Crippen LogP contribution in [-0.4, -0.2) is 66.6 Å². The molecule has 2 heterocycles. The molecule has 5 atom stereocenters. The Kier molecular flexibility index (Phi) is 5.11. The lowest BCUT2D eigenvalue weighted by molar-refractivity contribution is -0.140. The number of aliphatic hydroxyl groups excluding tert-OH is 1. The van der Waals surface area contributed by atoms with Gasteiger partial charge in [-0.25, -0.2) is 0 Å². The monoisotopic (exact) mass is 479 g/mol. The summed E-state index contributed by atoms with van der Waals surface area (Å²) in [7, 11) is 0. The lowest BCUT2D eigenvalue weighted by Crippen LogP contribution is -2.52. The normalized spacial score (nSPS) is 28.3. The number of halogens is 2. The maximum Gasteiger partial charge on any atom is 0.269 e. The molecule has 3 aliphatic rings. The third kappa shape index (κ3) is 3.62. The summed E-state index contributed by atoms with van der Waals surface area (Å²) in [5.41, 5.74) is 6.17. The molecule has 0 unspecified atom stereocenters. The first-order valence-electron chi connectivity index (χ1n) is 10.6. The second-order valence-corrected chi connectivity index (χ2v) is 10.4. The minimum Gasteiger partial charge on any atom is -0.394 e. The molecule has 1 saturated heterocycles. The highest BCUT2D eigenvalue weighted by Crippen LogP contribution is 2.55. The fourth-order valence-electron chi connectivity index (χ4n) is 4.91. The second-order valence-electron chi connectivity index (χ2n) is 8.87. The molecule has 4 N–H and O–H groups in total. The number of para-hydroxylation sites is 1. The molecular weight excluding hydrogens is 457 g/mol. The number of alkyl halides is 2. The van der Waals surface area contributed by atoms with Crippen LogP contribution >= 0.6 is 23.2 Å². The molecule has 3 amide bonds. The molecule has 1 aromatic heterocycles. The number of piperidine rings is 1. The Morgan fingerprint density at radius 3 is 2.66 bits per heavy atom. The SMILES string of the molecule is NC(=O)c1nn(CC(=O)N2[C@@H]3C[C@@H]3C[C@H]2C(=O)N[C@H](CO)[C@H]2CC2(Cl)Cl)c2ccccc12. The quantitative estimate of drug-likeness (QED) is 0.505. The summed E-state index contributed by atoms with van der Waals surface area (Å²) in [6.45, 7) is -0.389. The van der Waals surface area contributed by atoms with Crippen LogP contribution in [0.5, 0.6) is 0 Å². The van der Waals surface area contributed by atoms with E-state index < -0.39 is 22.3 Å². The van der Waals surface area contributed by atoms with E-state index >= 15 is 0 Å². The number of rotatable bonds is 7. The number of hydrogen-bond donors (Lipinski definition) is 3. The van der Waals surface area contributed by atoms with Crippen molar-refractivity contribution >= 4 is 51.8 Å². The Morgan fingerprint density at radius 2 is 2.00 bits per heavy atom. The third-order valence-electron chi connectivity index (χ3n) is 6.76. The van der Waals surface area contributed by atoms with Gasteiger partial charge in [-0.1, -0.05) is 18.2 Å². The molecule has 9 nitrogen and oxygen atoms in total. The Balaban J connectivity index is 1.34. The number of hydrogen-bond acceptors (Lipinski definition) is 5. The lowest BCUT2D eigenvalue weighted by atomic mass is 10.1. The first-order chi connectivity index (χ1) is 15.2. The number of likely N-dealkylation sites (tertiary alicyclic amines) is 1. The largest absolute Gasteiger partial charge is 0.394 e. The van der Waals surface area contributed by atoms with Gasteiger partial charge in [0.15, 0.2) is 5.69 Å². The molecule has 1 aromatic carbocycles. The van der Waals surface area contributed by atoms with Crippen LogP contribution < -0.4 is 11.1 Å². The number of amides is 3. The van der Waals surface area contributed by atoms with E-state index in [1.165, 1.54) is 4.68 Å². The Labute approximate surface area is 193 Å². The van der Waals surface area contributed by atoms with Crippen LogP contribution in [0.1, 0.15) is 29.8 Å². The molecule has 2 aromatic rings. The molecule has 2 saturated carbocycles. The number of nitrogens with one attached hydrogen (secondary N) is 1. The number of nitrogens with two attached hydrogens (primary N) is 1. The fraction of sp³-hybridized carbons (Fsp3) is 0.524. The second kappa shape index (κ2) is 7.60. The number of benzene rings is 1. The molecule has 32 heavy (non-hydrogen) atoms. The van der Waals surface area contributed by atoms with Crippen LogP contribution in [0.4, 0.5) is 0 Å². The minimum atomic E-state index is -0.937. The van der Waals surface area contributed by atoms with Crippen molar-refractivity contribution in [3.8, 4) is 0 Å². The maximum absolute atomic E-state index is 13.3. The van der Waals surface area contributed by atoms with Crippen LogP contribution in [0.15, 0.2) is 24.3 Å². The Bertz CT molecular complexity index is 1120. The molecule has 3 fully saturated rings. The van der Waals surface area contributed by atoms with Crippen LogP contribution in [0.25, 0.3) is 10.9 Å². The van der Waals surface area contributed by atoms with Gasteiger partial charge in [-0.15, -0.1) is 23.2 Å². The van der Waals surface area contributed by atoms with Crippen molar-refractivity contribution in [2.24, 2.45) is 17.6 Å². The van der Waals surface area contributed by atoms with E-state index in [1.54, 1.807) is 29.2 Å². The molecule has 170 valence electrons. The molecule has 0 spiro atoms. The van der Waals surface area contributed by atoms with Crippen LogP contribution in [-0.2, 0) is 16.1 Å². The smallest absolute Gasteiger partial charge is 0.269 e. The Morgan fingerprint density at radius 1 is 1.28 bits per heavy atom. The lowest BCUT2D eigenvalue weighted by Gasteiger charge is -2.28. The molecular formula is C21H23Cl2N5O4. The number of carbonyl (C=O) groups excluding carboxylic acids is 3. The predicted molar refractivity (Wildman–Crippen MR) is 117 cm³/mol. The van der Waals surface area contributed by atoms with E-state index in [0.29, 0.717) is 29.7 Å². The zero-order valence-corrected chi connectivity index (χ0v) is 18.6. The van der Waals surface area contributed by atoms with Crippen LogP contribution in [0.2, 0.25) is 0 Å². The van der Waals surface area contributed by atoms with Crippen molar-refractivity contribution in [3.05, 3.63) is 30.0 Å². The fourth-order valence-corrected chi connectivity index (χ4v) is 5.55. The number of carbonyl (C=O) groups is 3. The van der Waals surface area contributed by atoms with Crippen molar-refractivity contribution in [1.29, 1.82) is 0 Å². The summed E-state index contributed by atoms with van der Waals surface area (Å²) in [5, 5.41) is 17.3. The zero-order chi connectivity index (χ0) is 22.8. The number of nitrogens with zero attached hydrogens (tertiary/aromatic N) is 3. The van der Waals surface area contributed by atoms with Gasteiger partial charge in [0.2, 0.25) is 11.8 Å². The summed E-state index contributed by atoms with van der Waals surface area (Å²) < 4.78 is 0.520.